The summed E-state index contributed by atoms with van der Waals surface area (Å²) >= 11 is 0. The van der Waals surface area contributed by atoms with Gasteiger partial charge >= 0.3 is 0 Å². The zero-order valence-electron chi connectivity index (χ0n) is 13.8. The highest BCUT2D eigenvalue weighted by atomic mass is 16.1. The normalized spacial score (nSPS) is 13.8. The second-order valence-electron chi connectivity index (χ2n) is 6.09. The van der Waals surface area contributed by atoms with Crippen LogP contribution < -0.4 is 5.32 Å². The number of carbonyl (C=O) groups is 1. The van der Waals surface area contributed by atoms with Gasteiger partial charge in [-0.2, -0.15) is 5.26 Å². The number of aryl methyl sites for hydroxylation is 2. The molecule has 5 heteroatoms. The first kappa shape index (κ1) is 16.1. The molecule has 122 valence electrons. The lowest BCUT2D eigenvalue weighted by Gasteiger charge is -2.10. The average molecular weight is 320 g/mol. The number of carbonyl (C=O) groups excluding carboxylic acids is 1. The van der Waals surface area contributed by atoms with Gasteiger partial charge in [-0.3, -0.25) is 4.79 Å². The van der Waals surface area contributed by atoms with Gasteiger partial charge in [0.2, 0.25) is 5.95 Å². The van der Waals surface area contributed by atoms with Crippen molar-refractivity contribution in [3.8, 4) is 6.07 Å². The van der Waals surface area contributed by atoms with Crippen LogP contribution in [0.1, 0.15) is 59.8 Å². The van der Waals surface area contributed by atoms with Gasteiger partial charge in [-0.25, -0.2) is 9.97 Å². The number of hydrogen-bond donors (Lipinski definition) is 1. The Morgan fingerprint density at radius 3 is 2.88 bits per heavy atom. The summed E-state index contributed by atoms with van der Waals surface area (Å²) in [5, 5.41) is 12.4. The number of fused-ring (bicyclic) bond motifs is 1. The molecule has 0 saturated heterocycles. The number of nitrogens with one attached hydrogen (secondary N) is 1. The maximum Gasteiger partial charge on any atom is 0.227 e. The number of nitriles is 1. The number of nitrogens with zero attached hydrogens (tertiary/aromatic N) is 3. The molecule has 0 radical (unpaired) electrons. The van der Waals surface area contributed by atoms with Crippen LogP contribution in [0.2, 0.25) is 0 Å². The highest BCUT2D eigenvalue weighted by Crippen LogP contribution is 2.22. The SMILES string of the molecule is CCCc1cc(C#N)cc(Nc2ncc3c(n2)CCCCC3=O)c1. The van der Waals surface area contributed by atoms with E-state index in [1.807, 2.05) is 12.1 Å². The number of aromatic nitrogens is 2. The molecule has 1 aliphatic carbocycles. The van der Waals surface area contributed by atoms with E-state index in [-0.39, 0.29) is 5.78 Å². The summed E-state index contributed by atoms with van der Waals surface area (Å²) in [5.41, 5.74) is 4.01. The maximum absolute atomic E-state index is 12.0. The van der Waals surface area contributed by atoms with Crippen molar-refractivity contribution < 1.29 is 4.79 Å². The molecular formula is C19H20N4O. The molecule has 3 rings (SSSR count). The van der Waals surface area contributed by atoms with Crippen molar-refractivity contribution in [3.63, 3.8) is 0 Å². The Balaban J connectivity index is 1.89. The van der Waals surface area contributed by atoms with Crippen molar-refractivity contribution in [2.45, 2.75) is 45.4 Å². The third-order valence-electron chi connectivity index (χ3n) is 4.15. The molecule has 1 N–H and O–H groups in total. The number of anilines is 2. The Morgan fingerprint density at radius 1 is 1.25 bits per heavy atom. The molecule has 0 spiro atoms. The van der Waals surface area contributed by atoms with E-state index in [9.17, 15) is 10.1 Å². The second kappa shape index (κ2) is 7.22. The van der Waals surface area contributed by atoms with Crippen LogP contribution >= 0.6 is 0 Å². The molecule has 5 nitrogen and oxygen atoms in total. The molecule has 0 fully saturated rings. The van der Waals surface area contributed by atoms with Gasteiger partial charge in [-0.1, -0.05) is 13.3 Å². The van der Waals surface area contributed by atoms with Gasteiger partial charge in [0.25, 0.3) is 0 Å². The molecule has 2 aromatic rings. The summed E-state index contributed by atoms with van der Waals surface area (Å²) in [6, 6.07) is 7.91. The Morgan fingerprint density at radius 2 is 2.08 bits per heavy atom. The minimum atomic E-state index is 0.130. The van der Waals surface area contributed by atoms with Crippen molar-refractivity contribution in [3.05, 3.63) is 46.8 Å². The number of rotatable bonds is 4. The number of benzene rings is 1. The first-order valence-corrected chi connectivity index (χ1v) is 8.40. The van der Waals surface area contributed by atoms with E-state index in [0.717, 1.165) is 49.0 Å². The summed E-state index contributed by atoms with van der Waals surface area (Å²) in [4.78, 5) is 20.8. The third kappa shape index (κ3) is 3.60. The van der Waals surface area contributed by atoms with Crippen molar-refractivity contribution in [1.29, 1.82) is 5.26 Å². The van der Waals surface area contributed by atoms with Crippen LogP contribution in [0, 0.1) is 11.3 Å². The summed E-state index contributed by atoms with van der Waals surface area (Å²) in [5.74, 6) is 0.603. The fourth-order valence-corrected chi connectivity index (χ4v) is 3.00. The minimum absolute atomic E-state index is 0.130. The molecule has 1 heterocycles. The van der Waals surface area contributed by atoms with Crippen molar-refractivity contribution in [2.75, 3.05) is 5.32 Å². The molecule has 1 aromatic carbocycles. The van der Waals surface area contributed by atoms with E-state index in [0.29, 0.717) is 23.5 Å². The standard InChI is InChI=1S/C19H20N4O/c1-2-5-13-8-14(11-20)10-15(9-13)22-19-21-12-16-17(23-19)6-3-4-7-18(16)24/h8-10,12H,2-7H2,1H3,(H,21,22,23). The third-order valence-corrected chi connectivity index (χ3v) is 4.15. The van der Waals surface area contributed by atoms with E-state index in [1.54, 1.807) is 12.3 Å². The monoisotopic (exact) mass is 320 g/mol. The van der Waals surface area contributed by atoms with Gasteiger partial charge < -0.3 is 5.32 Å². The van der Waals surface area contributed by atoms with Gasteiger partial charge in [0.15, 0.2) is 5.78 Å². The van der Waals surface area contributed by atoms with Crippen LogP contribution in [0.3, 0.4) is 0 Å². The van der Waals surface area contributed by atoms with Crippen LogP contribution in [0.5, 0.6) is 0 Å². The fraction of sp³-hybridized carbons (Fsp3) is 0.368. The first-order valence-electron chi connectivity index (χ1n) is 8.40. The fourth-order valence-electron chi connectivity index (χ4n) is 3.00. The van der Waals surface area contributed by atoms with Gasteiger partial charge in [-0.05, 0) is 49.4 Å². The van der Waals surface area contributed by atoms with E-state index < -0.39 is 0 Å². The van der Waals surface area contributed by atoms with Gasteiger partial charge in [-0.15, -0.1) is 0 Å². The molecule has 0 bridgehead atoms. The maximum atomic E-state index is 12.0. The summed E-state index contributed by atoms with van der Waals surface area (Å²) in [7, 11) is 0. The quantitative estimate of drug-likeness (QED) is 0.863. The minimum Gasteiger partial charge on any atom is -0.324 e. The predicted molar refractivity (Wildman–Crippen MR) is 92.4 cm³/mol. The largest absolute Gasteiger partial charge is 0.324 e. The van der Waals surface area contributed by atoms with Crippen molar-refractivity contribution in [1.82, 2.24) is 9.97 Å². The Bertz CT molecular complexity index is 807. The zero-order chi connectivity index (χ0) is 16.9. The first-order chi connectivity index (χ1) is 11.7. The highest BCUT2D eigenvalue weighted by molar-refractivity contribution is 5.97. The van der Waals surface area contributed by atoms with Gasteiger partial charge in [0, 0.05) is 18.3 Å². The number of Topliss-reactive ketones (excluding diaryl/α,β-unsaturated/α-hetero) is 1. The molecule has 0 amide bonds. The lowest BCUT2D eigenvalue weighted by atomic mass is 10.1. The average Bonchev–Trinajstić information content (AvgIpc) is 2.76. The smallest absolute Gasteiger partial charge is 0.227 e. The topological polar surface area (TPSA) is 78.7 Å². The van der Waals surface area contributed by atoms with E-state index in [2.05, 4.69) is 28.3 Å². The number of hydrogen-bond acceptors (Lipinski definition) is 5. The highest BCUT2D eigenvalue weighted by Gasteiger charge is 2.17. The Labute approximate surface area is 141 Å². The lowest BCUT2D eigenvalue weighted by Crippen LogP contribution is -2.07. The van der Waals surface area contributed by atoms with Crippen molar-refractivity contribution in [2.24, 2.45) is 0 Å². The number of ketones is 1. The van der Waals surface area contributed by atoms with Crippen LogP contribution in [0.15, 0.2) is 24.4 Å². The molecular weight excluding hydrogens is 300 g/mol. The van der Waals surface area contributed by atoms with Crippen LogP contribution in [-0.2, 0) is 12.8 Å². The van der Waals surface area contributed by atoms with Gasteiger partial charge in [0.05, 0.1) is 22.9 Å². The summed E-state index contributed by atoms with van der Waals surface area (Å²) in [6.45, 7) is 2.11. The predicted octanol–water partition coefficient (Wildman–Crippen LogP) is 3.95. The molecule has 1 aromatic heterocycles. The zero-order valence-corrected chi connectivity index (χ0v) is 13.8. The van der Waals surface area contributed by atoms with Crippen LogP contribution in [-0.4, -0.2) is 15.8 Å². The molecule has 0 aliphatic heterocycles. The molecule has 0 unspecified atom stereocenters. The van der Waals surface area contributed by atoms with E-state index in [1.165, 1.54) is 0 Å². The Kier molecular flexibility index (Phi) is 4.85. The second-order valence-corrected chi connectivity index (χ2v) is 6.09. The Hall–Kier alpha value is -2.74. The molecule has 1 aliphatic rings. The van der Waals surface area contributed by atoms with Crippen LogP contribution in [0.4, 0.5) is 11.6 Å². The van der Waals surface area contributed by atoms with Crippen molar-refractivity contribution >= 4 is 17.4 Å². The summed E-state index contributed by atoms with van der Waals surface area (Å²) < 4.78 is 0. The van der Waals surface area contributed by atoms with E-state index in [4.69, 9.17) is 0 Å². The van der Waals surface area contributed by atoms with E-state index >= 15 is 0 Å². The molecule has 24 heavy (non-hydrogen) atoms. The molecule has 0 atom stereocenters. The lowest BCUT2D eigenvalue weighted by molar-refractivity contribution is 0.0981. The summed E-state index contributed by atoms with van der Waals surface area (Å²) in [6.07, 6.45) is 6.82. The van der Waals surface area contributed by atoms with Gasteiger partial charge in [0.1, 0.15) is 0 Å². The van der Waals surface area contributed by atoms with Crippen LogP contribution in [0.25, 0.3) is 0 Å². The molecule has 0 saturated carbocycles.